The summed E-state index contributed by atoms with van der Waals surface area (Å²) in [6, 6.07) is 6.21. The highest BCUT2D eigenvalue weighted by atomic mass is 79.9. The number of rotatable bonds is 3. The van der Waals surface area contributed by atoms with Crippen molar-refractivity contribution in [1.29, 1.82) is 0 Å². The van der Waals surface area contributed by atoms with E-state index < -0.39 is 11.7 Å². The van der Waals surface area contributed by atoms with Crippen LogP contribution >= 0.6 is 15.9 Å². The number of nitrogens with one attached hydrogen (secondary N) is 1. The molecule has 1 aromatic carbocycles. The summed E-state index contributed by atoms with van der Waals surface area (Å²) in [6.45, 7) is 10.3. The molecule has 0 aromatic heterocycles. The predicted molar refractivity (Wildman–Crippen MR) is 81.3 cm³/mol. The molecule has 0 aliphatic carbocycles. The fourth-order valence-corrected chi connectivity index (χ4v) is 2.16. The normalized spacial score (nSPS) is 11.5. The van der Waals surface area contributed by atoms with Gasteiger partial charge in [-0.2, -0.15) is 0 Å². The molecule has 1 amide bonds. The van der Waals surface area contributed by atoms with Gasteiger partial charge in [0.05, 0.1) is 0 Å². The summed E-state index contributed by atoms with van der Waals surface area (Å²) in [4.78, 5) is 11.6. The minimum atomic E-state index is -0.468. The van der Waals surface area contributed by atoms with Crippen molar-refractivity contribution >= 4 is 22.0 Å². The van der Waals surface area contributed by atoms with E-state index in [-0.39, 0.29) is 0 Å². The maximum absolute atomic E-state index is 11.6. The average Bonchev–Trinajstić information content (AvgIpc) is 2.23. The highest BCUT2D eigenvalue weighted by Crippen LogP contribution is 2.22. The molecule has 106 valence electrons. The van der Waals surface area contributed by atoms with E-state index in [1.54, 1.807) is 0 Å². The van der Waals surface area contributed by atoms with Crippen LogP contribution in [0.25, 0.3) is 0 Å². The Balaban J connectivity index is 2.65. The Labute approximate surface area is 123 Å². The monoisotopic (exact) mass is 327 g/mol. The summed E-state index contributed by atoms with van der Waals surface area (Å²) in [6.07, 6.45) is -0.390. The Morgan fingerprint density at radius 3 is 2.47 bits per heavy atom. The summed E-state index contributed by atoms with van der Waals surface area (Å²) >= 11 is 3.49. The first kappa shape index (κ1) is 16.0. The lowest BCUT2D eigenvalue weighted by Crippen LogP contribution is -2.32. The minimum Gasteiger partial charge on any atom is -0.444 e. The van der Waals surface area contributed by atoms with Crippen LogP contribution in [0.3, 0.4) is 0 Å². The van der Waals surface area contributed by atoms with Gasteiger partial charge in [0.15, 0.2) is 0 Å². The molecule has 3 nitrogen and oxygen atoms in total. The maximum atomic E-state index is 11.6. The van der Waals surface area contributed by atoms with Crippen LogP contribution in [0.5, 0.6) is 0 Å². The van der Waals surface area contributed by atoms with Gasteiger partial charge in [-0.1, -0.05) is 35.8 Å². The summed E-state index contributed by atoms with van der Waals surface area (Å²) in [5, 5.41) is 2.77. The first-order valence-electron chi connectivity index (χ1n) is 6.43. The molecule has 0 aliphatic rings. The van der Waals surface area contributed by atoms with Crippen LogP contribution in [-0.2, 0) is 11.3 Å². The SMILES string of the molecule is CC(C)c1cc(Br)cc(CNC(=O)OC(C)(C)C)c1. The lowest BCUT2D eigenvalue weighted by Gasteiger charge is -2.20. The second kappa shape index (κ2) is 6.42. The molecule has 0 saturated heterocycles. The van der Waals surface area contributed by atoms with Crippen molar-refractivity contribution < 1.29 is 9.53 Å². The molecule has 0 spiro atoms. The van der Waals surface area contributed by atoms with E-state index in [9.17, 15) is 4.79 Å². The van der Waals surface area contributed by atoms with Gasteiger partial charge in [-0.05, 0) is 49.9 Å². The Hall–Kier alpha value is -1.03. The number of hydrogen-bond donors (Lipinski definition) is 1. The molecule has 1 aromatic rings. The van der Waals surface area contributed by atoms with Crippen LogP contribution in [0.15, 0.2) is 22.7 Å². The molecule has 0 saturated carbocycles. The van der Waals surface area contributed by atoms with Gasteiger partial charge in [-0.3, -0.25) is 0 Å². The zero-order valence-corrected chi connectivity index (χ0v) is 13.8. The third kappa shape index (κ3) is 6.10. The molecule has 0 atom stereocenters. The van der Waals surface area contributed by atoms with E-state index in [0.717, 1.165) is 10.0 Å². The molecule has 0 fully saturated rings. The lowest BCUT2D eigenvalue weighted by molar-refractivity contribution is 0.0523. The number of benzene rings is 1. The van der Waals surface area contributed by atoms with E-state index in [0.29, 0.717) is 12.5 Å². The molecule has 1 N–H and O–H groups in total. The number of amides is 1. The number of halogens is 1. The van der Waals surface area contributed by atoms with Crippen LogP contribution in [-0.4, -0.2) is 11.7 Å². The first-order valence-corrected chi connectivity index (χ1v) is 7.23. The Morgan fingerprint density at radius 1 is 1.32 bits per heavy atom. The largest absolute Gasteiger partial charge is 0.444 e. The van der Waals surface area contributed by atoms with Crippen molar-refractivity contribution in [3.05, 3.63) is 33.8 Å². The topological polar surface area (TPSA) is 38.3 Å². The van der Waals surface area contributed by atoms with Gasteiger partial charge in [-0.15, -0.1) is 0 Å². The van der Waals surface area contributed by atoms with E-state index in [1.807, 2.05) is 26.8 Å². The van der Waals surface area contributed by atoms with Crippen molar-refractivity contribution in [2.75, 3.05) is 0 Å². The van der Waals surface area contributed by atoms with Crippen LogP contribution in [0.2, 0.25) is 0 Å². The zero-order valence-electron chi connectivity index (χ0n) is 12.2. The standard InChI is InChI=1S/C15H22BrNO2/c1-10(2)12-6-11(7-13(16)8-12)9-17-14(18)19-15(3,4)5/h6-8,10H,9H2,1-5H3,(H,17,18). The molecule has 0 aliphatic heterocycles. The summed E-state index contributed by atoms with van der Waals surface area (Å²) in [5.41, 5.74) is 1.84. The smallest absolute Gasteiger partial charge is 0.407 e. The zero-order chi connectivity index (χ0) is 14.6. The minimum absolute atomic E-state index is 0.390. The quantitative estimate of drug-likeness (QED) is 0.881. The maximum Gasteiger partial charge on any atom is 0.407 e. The van der Waals surface area contributed by atoms with Crippen LogP contribution < -0.4 is 5.32 Å². The second-order valence-electron chi connectivity index (χ2n) is 5.90. The molecule has 0 unspecified atom stereocenters. The molecule has 0 radical (unpaired) electrons. The Morgan fingerprint density at radius 2 is 1.95 bits per heavy atom. The Kier molecular flexibility index (Phi) is 5.41. The number of ether oxygens (including phenoxy) is 1. The van der Waals surface area contributed by atoms with Gasteiger partial charge in [0.25, 0.3) is 0 Å². The number of carbonyl (C=O) groups excluding carboxylic acids is 1. The molecule has 0 heterocycles. The predicted octanol–water partition coefficient (Wildman–Crippen LogP) is 4.60. The van der Waals surface area contributed by atoms with Crippen LogP contribution in [0, 0.1) is 0 Å². The van der Waals surface area contributed by atoms with E-state index in [4.69, 9.17) is 4.74 Å². The van der Waals surface area contributed by atoms with E-state index >= 15 is 0 Å². The van der Waals surface area contributed by atoms with Gasteiger partial charge in [0.1, 0.15) is 5.60 Å². The fraction of sp³-hybridized carbons (Fsp3) is 0.533. The van der Waals surface area contributed by atoms with Gasteiger partial charge < -0.3 is 10.1 Å². The molecule has 4 heteroatoms. The van der Waals surface area contributed by atoms with Crippen molar-refractivity contribution in [3.8, 4) is 0 Å². The van der Waals surface area contributed by atoms with E-state index in [1.165, 1.54) is 5.56 Å². The average molecular weight is 328 g/mol. The van der Waals surface area contributed by atoms with Crippen molar-refractivity contribution in [2.45, 2.75) is 52.7 Å². The van der Waals surface area contributed by atoms with Gasteiger partial charge >= 0.3 is 6.09 Å². The molecule has 1 rings (SSSR count). The number of hydrogen-bond acceptors (Lipinski definition) is 2. The summed E-state index contributed by atoms with van der Waals surface area (Å²) in [7, 11) is 0. The first-order chi connectivity index (χ1) is 8.67. The van der Waals surface area contributed by atoms with Crippen LogP contribution in [0.4, 0.5) is 4.79 Å². The van der Waals surface area contributed by atoms with Gasteiger partial charge in [0, 0.05) is 11.0 Å². The molecule has 19 heavy (non-hydrogen) atoms. The summed E-state index contributed by atoms with van der Waals surface area (Å²) in [5.74, 6) is 0.456. The highest BCUT2D eigenvalue weighted by molar-refractivity contribution is 9.10. The third-order valence-electron chi connectivity index (χ3n) is 2.48. The molecular formula is C15H22BrNO2. The van der Waals surface area contributed by atoms with Crippen LogP contribution in [0.1, 0.15) is 51.7 Å². The fourth-order valence-electron chi connectivity index (χ4n) is 1.60. The number of alkyl carbamates (subject to hydrolysis) is 1. The lowest BCUT2D eigenvalue weighted by atomic mass is 10.0. The molecular weight excluding hydrogens is 306 g/mol. The van der Waals surface area contributed by atoms with Crippen molar-refractivity contribution in [2.24, 2.45) is 0 Å². The third-order valence-corrected chi connectivity index (χ3v) is 2.94. The van der Waals surface area contributed by atoms with E-state index in [2.05, 4.69) is 47.2 Å². The van der Waals surface area contributed by atoms with Crippen molar-refractivity contribution in [1.82, 2.24) is 5.32 Å². The van der Waals surface area contributed by atoms with Gasteiger partial charge in [0.2, 0.25) is 0 Å². The number of carbonyl (C=O) groups is 1. The Bertz CT molecular complexity index is 450. The molecule has 0 bridgehead atoms. The second-order valence-corrected chi connectivity index (χ2v) is 6.82. The van der Waals surface area contributed by atoms with Crippen molar-refractivity contribution in [3.63, 3.8) is 0 Å². The van der Waals surface area contributed by atoms with Gasteiger partial charge in [-0.25, -0.2) is 4.79 Å². The summed E-state index contributed by atoms with van der Waals surface area (Å²) < 4.78 is 6.23. The highest BCUT2D eigenvalue weighted by Gasteiger charge is 2.15.